The molecule has 1 N–H and O–H groups in total. The maximum Gasteiger partial charge on any atom is 0.266 e. The van der Waals surface area contributed by atoms with Crippen LogP contribution in [0.3, 0.4) is 0 Å². The molecule has 5 nitrogen and oxygen atoms in total. The van der Waals surface area contributed by atoms with Gasteiger partial charge in [0.15, 0.2) is 6.61 Å². The average molecular weight is 447 g/mol. The third kappa shape index (κ3) is 5.38. The minimum Gasteiger partial charge on any atom is -0.484 e. The van der Waals surface area contributed by atoms with Crippen molar-refractivity contribution in [2.24, 2.45) is 0 Å². The first-order valence-electron chi connectivity index (χ1n) is 8.89. The van der Waals surface area contributed by atoms with Crippen molar-refractivity contribution in [1.29, 1.82) is 0 Å². The highest BCUT2D eigenvalue weighted by molar-refractivity contribution is 8.26. The largest absolute Gasteiger partial charge is 0.484 e. The van der Waals surface area contributed by atoms with Crippen LogP contribution in [0.2, 0.25) is 5.02 Å². The monoisotopic (exact) mass is 446 g/mol. The van der Waals surface area contributed by atoms with Crippen molar-refractivity contribution < 1.29 is 14.3 Å². The van der Waals surface area contributed by atoms with Crippen LogP contribution < -0.4 is 10.1 Å². The van der Waals surface area contributed by atoms with E-state index in [1.807, 2.05) is 19.9 Å². The number of para-hydroxylation sites is 1. The van der Waals surface area contributed by atoms with Gasteiger partial charge in [0.25, 0.3) is 11.8 Å². The fourth-order valence-electron chi connectivity index (χ4n) is 2.67. The molecular weight excluding hydrogens is 428 g/mol. The topological polar surface area (TPSA) is 58.6 Å². The van der Waals surface area contributed by atoms with Gasteiger partial charge in [-0.05, 0) is 49.8 Å². The molecule has 150 valence electrons. The summed E-state index contributed by atoms with van der Waals surface area (Å²) >= 11 is 12.6. The summed E-state index contributed by atoms with van der Waals surface area (Å²) in [5.74, 6) is 0.106. The number of thioether (sulfide) groups is 1. The van der Waals surface area contributed by atoms with Gasteiger partial charge in [0, 0.05) is 6.04 Å². The quantitative estimate of drug-likeness (QED) is 0.501. The Morgan fingerprint density at radius 3 is 2.72 bits per heavy atom. The fourth-order valence-corrected chi connectivity index (χ4v) is 4.38. The molecule has 8 heteroatoms. The maximum absolute atomic E-state index is 12.5. The van der Waals surface area contributed by atoms with Crippen molar-refractivity contribution in [3.05, 3.63) is 64.0 Å². The number of amides is 2. The third-order valence-electron chi connectivity index (χ3n) is 4.01. The van der Waals surface area contributed by atoms with E-state index < -0.39 is 0 Å². The molecule has 0 radical (unpaired) electrons. The fraction of sp³-hybridized carbons (Fsp3) is 0.190. The van der Waals surface area contributed by atoms with Gasteiger partial charge < -0.3 is 10.1 Å². The van der Waals surface area contributed by atoms with E-state index in [-0.39, 0.29) is 24.5 Å². The highest BCUT2D eigenvalue weighted by Gasteiger charge is 2.33. The van der Waals surface area contributed by atoms with Crippen molar-refractivity contribution in [2.75, 3.05) is 11.9 Å². The molecule has 1 aliphatic rings. The molecule has 3 rings (SSSR count). The molecule has 1 fully saturated rings. The van der Waals surface area contributed by atoms with E-state index in [2.05, 4.69) is 5.32 Å². The Morgan fingerprint density at radius 2 is 2.03 bits per heavy atom. The van der Waals surface area contributed by atoms with Crippen LogP contribution in [0.15, 0.2) is 53.4 Å². The first kappa shape index (κ1) is 21.4. The van der Waals surface area contributed by atoms with Gasteiger partial charge in [-0.1, -0.05) is 59.8 Å². The average Bonchev–Trinajstić information content (AvgIpc) is 2.95. The van der Waals surface area contributed by atoms with Gasteiger partial charge in [-0.25, -0.2) is 0 Å². The Bertz CT molecular complexity index is 991. The summed E-state index contributed by atoms with van der Waals surface area (Å²) in [7, 11) is 0. The molecule has 2 aromatic carbocycles. The van der Waals surface area contributed by atoms with Gasteiger partial charge in [0.05, 0.1) is 15.6 Å². The molecule has 0 unspecified atom stereocenters. The number of nitrogens with zero attached hydrogens (tertiary/aromatic N) is 1. The van der Waals surface area contributed by atoms with Crippen LogP contribution in [0.4, 0.5) is 5.69 Å². The van der Waals surface area contributed by atoms with Crippen molar-refractivity contribution in [3.63, 3.8) is 0 Å². The molecule has 0 aromatic heterocycles. The number of carbonyl (C=O) groups excluding carboxylic acids is 2. The van der Waals surface area contributed by atoms with Crippen molar-refractivity contribution in [3.8, 4) is 5.75 Å². The van der Waals surface area contributed by atoms with Gasteiger partial charge in [0.2, 0.25) is 0 Å². The molecule has 0 atom stereocenters. The van der Waals surface area contributed by atoms with E-state index in [9.17, 15) is 9.59 Å². The van der Waals surface area contributed by atoms with E-state index in [0.29, 0.717) is 25.7 Å². The lowest BCUT2D eigenvalue weighted by atomic mass is 10.2. The Hall–Kier alpha value is -2.35. The molecule has 1 aliphatic heterocycles. The number of thiocarbonyl (C=S) groups is 1. The zero-order chi connectivity index (χ0) is 21.0. The number of rotatable bonds is 6. The third-order valence-corrected chi connectivity index (χ3v) is 5.67. The van der Waals surface area contributed by atoms with Crippen molar-refractivity contribution in [2.45, 2.75) is 19.9 Å². The predicted molar refractivity (Wildman–Crippen MR) is 122 cm³/mol. The van der Waals surface area contributed by atoms with Crippen LogP contribution in [0.1, 0.15) is 19.4 Å². The summed E-state index contributed by atoms with van der Waals surface area (Å²) < 4.78 is 6.14. The second-order valence-electron chi connectivity index (χ2n) is 6.53. The lowest BCUT2D eigenvalue weighted by Gasteiger charge is -2.18. The van der Waals surface area contributed by atoms with Gasteiger partial charge >= 0.3 is 0 Å². The summed E-state index contributed by atoms with van der Waals surface area (Å²) in [5.41, 5.74) is 1.32. The van der Waals surface area contributed by atoms with Crippen LogP contribution >= 0.6 is 35.6 Å². The number of carbonyl (C=O) groups is 2. The van der Waals surface area contributed by atoms with Gasteiger partial charge in [-0.3, -0.25) is 14.5 Å². The minimum atomic E-state index is -0.318. The number of ether oxygens (including phenoxy) is 1. The number of anilines is 1. The zero-order valence-corrected chi connectivity index (χ0v) is 18.2. The second kappa shape index (κ2) is 9.43. The van der Waals surface area contributed by atoms with Gasteiger partial charge in [0.1, 0.15) is 10.1 Å². The second-order valence-corrected chi connectivity index (χ2v) is 8.62. The van der Waals surface area contributed by atoms with Crippen molar-refractivity contribution >= 4 is 63.5 Å². The Kier molecular flexibility index (Phi) is 6.95. The van der Waals surface area contributed by atoms with E-state index >= 15 is 0 Å². The van der Waals surface area contributed by atoms with E-state index in [1.54, 1.807) is 53.4 Å². The maximum atomic E-state index is 12.5. The zero-order valence-electron chi connectivity index (χ0n) is 15.8. The molecule has 0 saturated carbocycles. The highest BCUT2D eigenvalue weighted by atomic mass is 35.5. The first-order valence-corrected chi connectivity index (χ1v) is 10.5. The molecule has 2 amide bonds. The first-order chi connectivity index (χ1) is 13.8. The lowest BCUT2D eigenvalue weighted by molar-refractivity contribution is -0.123. The van der Waals surface area contributed by atoms with Gasteiger partial charge in [-0.15, -0.1) is 0 Å². The number of benzene rings is 2. The highest BCUT2D eigenvalue weighted by Crippen LogP contribution is 2.34. The number of hydrogen-bond acceptors (Lipinski definition) is 5. The van der Waals surface area contributed by atoms with Crippen LogP contribution in [0.5, 0.6) is 5.75 Å². The Labute approximate surface area is 184 Å². The molecule has 0 spiro atoms. The minimum absolute atomic E-state index is 0.0136. The summed E-state index contributed by atoms with van der Waals surface area (Å²) in [6, 6.07) is 14.2. The molecule has 1 saturated heterocycles. The number of hydrogen-bond donors (Lipinski definition) is 1. The summed E-state index contributed by atoms with van der Waals surface area (Å²) in [5, 5.41) is 3.16. The number of nitrogens with one attached hydrogen (secondary N) is 1. The molecule has 0 aliphatic carbocycles. The summed E-state index contributed by atoms with van der Waals surface area (Å²) in [6.45, 7) is 3.69. The Morgan fingerprint density at radius 1 is 1.28 bits per heavy atom. The predicted octanol–water partition coefficient (Wildman–Crippen LogP) is 4.97. The summed E-state index contributed by atoms with van der Waals surface area (Å²) in [4.78, 5) is 26.8. The lowest BCUT2D eigenvalue weighted by Crippen LogP contribution is -2.34. The SMILES string of the molecule is CC(C)N1C(=O)/C(=C/c2cccc(OCC(=O)Nc3ccccc3Cl)c2)SC1=S. The Balaban J connectivity index is 1.64. The molecule has 0 bridgehead atoms. The van der Waals surface area contributed by atoms with Crippen LogP contribution in [0, 0.1) is 0 Å². The molecule has 1 heterocycles. The van der Waals surface area contributed by atoms with E-state index in [4.69, 9.17) is 28.6 Å². The summed E-state index contributed by atoms with van der Waals surface area (Å²) in [6.07, 6.45) is 1.78. The standard InChI is InChI=1S/C21H19ClN2O3S2/c1-13(2)24-20(26)18(29-21(24)28)11-14-6-5-7-15(10-14)27-12-19(25)23-17-9-4-3-8-16(17)22/h3-11,13H,12H2,1-2H3,(H,23,25)/b18-11-. The smallest absolute Gasteiger partial charge is 0.266 e. The molecule has 2 aromatic rings. The van der Waals surface area contributed by atoms with Crippen molar-refractivity contribution in [1.82, 2.24) is 4.90 Å². The van der Waals surface area contributed by atoms with E-state index in [0.717, 1.165) is 5.56 Å². The van der Waals surface area contributed by atoms with Crippen LogP contribution in [-0.2, 0) is 9.59 Å². The molecule has 29 heavy (non-hydrogen) atoms. The molecular formula is C21H19ClN2O3S2. The van der Waals surface area contributed by atoms with E-state index in [1.165, 1.54) is 11.8 Å². The number of halogens is 1. The van der Waals surface area contributed by atoms with Gasteiger partial charge in [-0.2, -0.15) is 0 Å². The van der Waals surface area contributed by atoms with Crippen LogP contribution in [-0.4, -0.2) is 33.7 Å². The van der Waals surface area contributed by atoms with Crippen LogP contribution in [0.25, 0.3) is 6.08 Å². The normalized spacial score (nSPS) is 15.3.